The Morgan fingerprint density at radius 2 is 1.85 bits per heavy atom. The number of thiophene rings is 1. The number of halogens is 3. The van der Waals surface area contributed by atoms with E-state index >= 15 is 8.78 Å². The fourth-order valence-electron chi connectivity index (χ4n) is 6.76. The van der Waals surface area contributed by atoms with Crippen LogP contribution in [-0.4, -0.2) is 77.5 Å². The molecule has 5 heterocycles. The zero-order valence-corrected chi connectivity index (χ0v) is 27.6. The van der Waals surface area contributed by atoms with Crippen LogP contribution in [0.3, 0.4) is 0 Å². The second-order valence-electron chi connectivity index (χ2n) is 12.3. The maximum absolute atomic E-state index is 16.1. The van der Waals surface area contributed by atoms with Gasteiger partial charge in [-0.15, -0.1) is 11.3 Å². The molecule has 2 aliphatic heterocycles. The van der Waals surface area contributed by atoms with Gasteiger partial charge in [0.15, 0.2) is 5.67 Å². The van der Waals surface area contributed by atoms with Crippen LogP contribution in [-0.2, 0) is 21.7 Å². The molecule has 8 nitrogen and oxygen atoms in total. The van der Waals surface area contributed by atoms with E-state index in [1.807, 2.05) is 53.2 Å². The van der Waals surface area contributed by atoms with E-state index in [0.717, 1.165) is 28.8 Å². The molecule has 1 amide bonds. The van der Waals surface area contributed by atoms with Gasteiger partial charge in [-0.05, 0) is 43.1 Å². The Bertz CT molecular complexity index is 2040. The highest BCUT2D eigenvalue weighted by molar-refractivity contribution is 7.18. The first-order valence-electron chi connectivity index (χ1n) is 15.6. The Hall–Kier alpha value is -4.52. The first kappa shape index (κ1) is 32.0. The van der Waals surface area contributed by atoms with Gasteiger partial charge in [-0.25, -0.2) is 18.2 Å². The summed E-state index contributed by atoms with van der Waals surface area (Å²) in [5, 5.41) is 7.55. The van der Waals surface area contributed by atoms with Crippen molar-refractivity contribution in [1.29, 1.82) is 0 Å². The number of hydrogen-bond donors (Lipinski definition) is 0. The summed E-state index contributed by atoms with van der Waals surface area (Å²) in [4.78, 5) is 21.4. The van der Waals surface area contributed by atoms with Gasteiger partial charge in [-0.3, -0.25) is 14.4 Å². The summed E-state index contributed by atoms with van der Waals surface area (Å²) >= 11 is 1.39. The fourth-order valence-corrected chi connectivity index (χ4v) is 7.71. The molecule has 48 heavy (non-hydrogen) atoms. The molecule has 1 unspecified atom stereocenters. The SMILES string of the molecule is C=CC(=O)N1CCn2nc(-c3nc(-c4ccc(C5(F)CN(C)C5)cc4)c4ccsc4c3-c3c(F)cc(F)cc3OCCOC)cc2C1C. The molecule has 0 aliphatic carbocycles. The van der Waals surface area contributed by atoms with Crippen LogP contribution in [0.2, 0.25) is 0 Å². The minimum atomic E-state index is -1.40. The average molecular weight is 674 g/mol. The third kappa shape index (κ3) is 5.47. The number of likely N-dealkylation sites (N-methyl/N-ethyl adjacent to an activating group) is 1. The highest BCUT2D eigenvalue weighted by Crippen LogP contribution is 2.47. The maximum atomic E-state index is 16.1. The van der Waals surface area contributed by atoms with E-state index in [1.54, 1.807) is 17.0 Å². The lowest BCUT2D eigenvalue weighted by Gasteiger charge is -2.42. The number of methoxy groups -OCH3 is 1. The molecule has 0 saturated carbocycles. The van der Waals surface area contributed by atoms with Crippen molar-refractivity contribution in [3.8, 4) is 39.5 Å². The molecule has 2 aromatic carbocycles. The summed E-state index contributed by atoms with van der Waals surface area (Å²) in [5.74, 6) is -1.76. The third-order valence-corrected chi connectivity index (χ3v) is 10.0. The van der Waals surface area contributed by atoms with Crippen LogP contribution in [0.1, 0.15) is 24.2 Å². The van der Waals surface area contributed by atoms with Crippen molar-refractivity contribution in [2.45, 2.75) is 25.2 Å². The monoisotopic (exact) mass is 673 g/mol. The molecule has 1 fully saturated rings. The molecule has 12 heteroatoms. The molecule has 7 rings (SSSR count). The molecule has 0 radical (unpaired) electrons. The number of pyridine rings is 1. The first-order valence-corrected chi connectivity index (χ1v) is 16.5. The van der Waals surface area contributed by atoms with Gasteiger partial charge in [0.25, 0.3) is 0 Å². The van der Waals surface area contributed by atoms with E-state index in [2.05, 4.69) is 6.58 Å². The molecule has 0 N–H and O–H groups in total. The number of amides is 1. The first-order chi connectivity index (χ1) is 23.1. The number of benzene rings is 2. The van der Waals surface area contributed by atoms with Crippen molar-refractivity contribution in [2.75, 3.05) is 47.0 Å². The van der Waals surface area contributed by atoms with Crippen molar-refractivity contribution in [3.05, 3.63) is 89.5 Å². The quantitative estimate of drug-likeness (QED) is 0.124. The van der Waals surface area contributed by atoms with Crippen LogP contribution in [0.15, 0.2) is 66.6 Å². The molecule has 5 aromatic rings. The second kappa shape index (κ2) is 12.5. The van der Waals surface area contributed by atoms with Crippen LogP contribution in [0.4, 0.5) is 13.2 Å². The lowest BCUT2D eigenvalue weighted by atomic mass is 9.87. The summed E-state index contributed by atoms with van der Waals surface area (Å²) < 4.78 is 59.7. The molecule has 1 saturated heterocycles. The molecule has 3 aromatic heterocycles. The van der Waals surface area contributed by atoms with E-state index in [4.69, 9.17) is 19.6 Å². The van der Waals surface area contributed by atoms with Crippen molar-refractivity contribution < 1.29 is 27.4 Å². The van der Waals surface area contributed by atoms with E-state index in [-0.39, 0.29) is 36.5 Å². The van der Waals surface area contributed by atoms with Crippen molar-refractivity contribution >= 4 is 27.3 Å². The van der Waals surface area contributed by atoms with Crippen LogP contribution in [0, 0.1) is 11.6 Å². The van der Waals surface area contributed by atoms with Crippen LogP contribution < -0.4 is 4.74 Å². The molecular weight excluding hydrogens is 639 g/mol. The van der Waals surface area contributed by atoms with Gasteiger partial charge in [0.2, 0.25) is 5.91 Å². The van der Waals surface area contributed by atoms with E-state index in [9.17, 15) is 9.18 Å². The Balaban J connectivity index is 1.44. The smallest absolute Gasteiger partial charge is 0.246 e. The Morgan fingerprint density at radius 3 is 2.56 bits per heavy atom. The zero-order valence-electron chi connectivity index (χ0n) is 26.8. The number of alkyl halides is 1. The average Bonchev–Trinajstić information content (AvgIpc) is 3.72. The number of carbonyl (C=O) groups excluding carboxylic acids is 1. The Labute approximate surface area is 280 Å². The molecular formula is C36H34F3N5O3S. The molecule has 0 spiro atoms. The minimum absolute atomic E-state index is 0.0122. The normalized spacial score (nSPS) is 17.3. The summed E-state index contributed by atoms with van der Waals surface area (Å²) in [7, 11) is 3.40. The van der Waals surface area contributed by atoms with Crippen LogP contribution in [0.25, 0.3) is 43.9 Å². The van der Waals surface area contributed by atoms with Crippen molar-refractivity contribution in [3.63, 3.8) is 0 Å². The topological polar surface area (TPSA) is 72.7 Å². The van der Waals surface area contributed by atoms with Crippen LogP contribution in [0.5, 0.6) is 5.75 Å². The predicted octanol–water partition coefficient (Wildman–Crippen LogP) is 7.00. The number of likely N-dealkylation sites (tertiary alicyclic amines) is 1. The Kier molecular flexibility index (Phi) is 8.34. The van der Waals surface area contributed by atoms with Crippen molar-refractivity contribution in [1.82, 2.24) is 24.6 Å². The number of aromatic nitrogens is 3. The largest absolute Gasteiger partial charge is 0.490 e. The maximum Gasteiger partial charge on any atom is 0.246 e. The summed E-state index contributed by atoms with van der Waals surface area (Å²) in [6.07, 6.45) is 1.29. The number of rotatable bonds is 9. The number of ether oxygens (including phenoxy) is 2. The van der Waals surface area contributed by atoms with E-state index in [0.29, 0.717) is 59.1 Å². The van der Waals surface area contributed by atoms with Crippen molar-refractivity contribution in [2.24, 2.45) is 0 Å². The standard InChI is InChI=1S/C36H34F3N5O3S/c1-5-30(45)43-11-12-44-28(21(43)2)18-27(41-44)34-32(31-26(38)16-24(37)17-29(31)47-14-13-46-4)35-25(10-15-48-35)33(40-34)22-6-8-23(9-7-22)36(39)19-42(3)20-36/h5-10,15-18,21H,1,11-14,19-20H2,2-4H3. The van der Waals surface area contributed by atoms with Gasteiger partial charge in [0, 0.05) is 60.1 Å². The fraction of sp³-hybridized carbons (Fsp3) is 0.306. The third-order valence-electron chi connectivity index (χ3n) is 9.10. The van der Waals surface area contributed by atoms with Gasteiger partial charge in [-0.2, -0.15) is 5.10 Å². The number of nitrogens with zero attached hydrogens (tertiary/aromatic N) is 5. The second-order valence-corrected chi connectivity index (χ2v) is 13.2. The van der Waals surface area contributed by atoms with Gasteiger partial charge in [0.05, 0.1) is 36.1 Å². The van der Waals surface area contributed by atoms with Gasteiger partial charge in [-0.1, -0.05) is 30.8 Å². The molecule has 248 valence electrons. The lowest BCUT2D eigenvalue weighted by Crippen LogP contribution is -2.54. The molecule has 1 atom stereocenters. The highest BCUT2D eigenvalue weighted by Gasteiger charge is 2.43. The summed E-state index contributed by atoms with van der Waals surface area (Å²) in [5.41, 5.74) is 2.64. The zero-order chi connectivity index (χ0) is 33.7. The Morgan fingerprint density at radius 1 is 1.08 bits per heavy atom. The van der Waals surface area contributed by atoms with E-state index in [1.165, 1.54) is 24.5 Å². The van der Waals surface area contributed by atoms with E-state index < -0.39 is 17.3 Å². The lowest BCUT2D eigenvalue weighted by molar-refractivity contribution is -0.129. The van der Waals surface area contributed by atoms with Crippen LogP contribution >= 0.6 is 11.3 Å². The predicted molar refractivity (Wildman–Crippen MR) is 180 cm³/mol. The molecule has 0 bridgehead atoms. The van der Waals surface area contributed by atoms with Gasteiger partial charge < -0.3 is 14.4 Å². The van der Waals surface area contributed by atoms with Gasteiger partial charge >= 0.3 is 0 Å². The highest BCUT2D eigenvalue weighted by atomic mass is 32.1. The number of carbonyl (C=O) groups is 1. The van der Waals surface area contributed by atoms with Gasteiger partial charge in [0.1, 0.15) is 35.4 Å². The number of fused-ring (bicyclic) bond motifs is 2. The molecule has 2 aliphatic rings. The summed E-state index contributed by atoms with van der Waals surface area (Å²) in [6, 6.07) is 12.7. The summed E-state index contributed by atoms with van der Waals surface area (Å²) in [6.45, 7) is 7.39. The number of hydrogen-bond acceptors (Lipinski definition) is 7. The minimum Gasteiger partial charge on any atom is -0.490 e.